The summed E-state index contributed by atoms with van der Waals surface area (Å²) in [7, 11) is 0. The Morgan fingerprint density at radius 2 is 1.88 bits per heavy atom. The molecule has 0 fully saturated rings. The van der Waals surface area contributed by atoms with Gasteiger partial charge in [0, 0.05) is 21.9 Å². The van der Waals surface area contributed by atoms with Crippen LogP contribution in [-0.4, -0.2) is 16.1 Å². The highest BCUT2D eigenvalue weighted by atomic mass is 35.5. The zero-order valence-electron chi connectivity index (χ0n) is 13.4. The van der Waals surface area contributed by atoms with Crippen molar-refractivity contribution < 1.29 is 4.79 Å². The molecule has 0 saturated carbocycles. The molecule has 0 aliphatic carbocycles. The van der Waals surface area contributed by atoms with E-state index in [0.29, 0.717) is 15.2 Å². The van der Waals surface area contributed by atoms with Crippen molar-refractivity contribution in [3.8, 4) is 0 Å². The lowest BCUT2D eigenvalue weighted by atomic mass is 10.2. The van der Waals surface area contributed by atoms with Crippen molar-refractivity contribution in [1.29, 1.82) is 0 Å². The fraction of sp³-hybridized carbons (Fsp3) is 0.0556. The molecule has 0 radical (unpaired) electrons. The Bertz CT molecular complexity index is 926. The van der Waals surface area contributed by atoms with E-state index < -0.39 is 0 Å². The first kappa shape index (κ1) is 18.9. The summed E-state index contributed by atoms with van der Waals surface area (Å²) in [5, 5.41) is 12.5. The Balaban J connectivity index is 1.53. The van der Waals surface area contributed by atoms with Crippen molar-refractivity contribution in [3.05, 3.63) is 75.8 Å². The number of carbonyl (C=O) groups is 1. The molecule has 0 bridgehead atoms. The molecule has 3 aromatic rings. The van der Waals surface area contributed by atoms with Crippen LogP contribution in [0.15, 0.2) is 58.9 Å². The van der Waals surface area contributed by atoms with Gasteiger partial charge < -0.3 is 0 Å². The van der Waals surface area contributed by atoms with Gasteiger partial charge in [0.15, 0.2) is 4.34 Å². The largest absolute Gasteiger partial charge is 0.297 e. The second kappa shape index (κ2) is 9.19. The van der Waals surface area contributed by atoms with Gasteiger partial charge in [0.2, 0.25) is 11.0 Å². The molecule has 1 aromatic heterocycles. The number of halogens is 2. The third-order valence-electron chi connectivity index (χ3n) is 3.23. The van der Waals surface area contributed by atoms with Gasteiger partial charge in [0.05, 0.1) is 0 Å². The third kappa shape index (κ3) is 5.57. The zero-order valence-corrected chi connectivity index (χ0v) is 16.5. The second-order valence-corrected chi connectivity index (χ2v) is 8.18. The number of amides is 1. The maximum atomic E-state index is 12.0. The fourth-order valence-electron chi connectivity index (χ4n) is 1.97. The molecule has 1 amide bonds. The van der Waals surface area contributed by atoms with Crippen molar-refractivity contribution in [2.24, 2.45) is 0 Å². The van der Waals surface area contributed by atoms with Crippen LogP contribution in [0, 0.1) is 0 Å². The SMILES string of the molecule is O=C(/C=C/c1ccccc1Cl)Nc1nnc(SCc2ccc(Cl)cc2)s1. The summed E-state index contributed by atoms with van der Waals surface area (Å²) >= 11 is 14.8. The molecule has 1 N–H and O–H groups in total. The van der Waals surface area contributed by atoms with Crippen LogP contribution in [0.3, 0.4) is 0 Å². The molecule has 26 heavy (non-hydrogen) atoms. The molecular weight excluding hydrogens is 409 g/mol. The molecule has 0 atom stereocenters. The summed E-state index contributed by atoms with van der Waals surface area (Å²) in [5.74, 6) is 0.474. The third-order valence-corrected chi connectivity index (χ3v) is 5.87. The van der Waals surface area contributed by atoms with Crippen molar-refractivity contribution in [1.82, 2.24) is 10.2 Å². The maximum Gasteiger partial charge on any atom is 0.250 e. The topological polar surface area (TPSA) is 54.9 Å². The number of nitrogens with one attached hydrogen (secondary N) is 1. The molecule has 0 spiro atoms. The van der Waals surface area contributed by atoms with Crippen LogP contribution in [0.2, 0.25) is 10.0 Å². The highest BCUT2D eigenvalue weighted by molar-refractivity contribution is 8.00. The minimum absolute atomic E-state index is 0.282. The van der Waals surface area contributed by atoms with Crippen molar-refractivity contribution in [2.75, 3.05) is 5.32 Å². The standard InChI is InChI=1S/C18H13Cl2N3OS2/c19-14-8-5-12(6-9-14)11-25-18-23-22-17(26-18)21-16(24)10-7-13-3-1-2-4-15(13)20/h1-10H,11H2,(H,21,22,24)/b10-7+. The van der Waals surface area contributed by atoms with Crippen molar-refractivity contribution in [2.45, 2.75) is 10.1 Å². The van der Waals surface area contributed by atoms with E-state index in [0.717, 1.165) is 21.2 Å². The Morgan fingerprint density at radius 1 is 1.12 bits per heavy atom. The van der Waals surface area contributed by atoms with E-state index in [1.165, 1.54) is 17.4 Å². The number of hydrogen-bond donors (Lipinski definition) is 1. The van der Waals surface area contributed by atoms with Gasteiger partial charge >= 0.3 is 0 Å². The van der Waals surface area contributed by atoms with Crippen molar-refractivity contribution in [3.63, 3.8) is 0 Å². The number of anilines is 1. The highest BCUT2D eigenvalue weighted by Gasteiger charge is 2.07. The Morgan fingerprint density at radius 3 is 2.65 bits per heavy atom. The lowest BCUT2D eigenvalue weighted by Crippen LogP contribution is -2.07. The summed E-state index contributed by atoms with van der Waals surface area (Å²) in [5.41, 5.74) is 1.92. The molecule has 0 unspecified atom stereocenters. The van der Waals surface area contributed by atoms with E-state index in [-0.39, 0.29) is 5.91 Å². The average Bonchev–Trinajstić information content (AvgIpc) is 3.08. The van der Waals surface area contributed by atoms with E-state index in [1.807, 2.05) is 42.5 Å². The number of hydrogen-bond acceptors (Lipinski definition) is 5. The summed E-state index contributed by atoms with van der Waals surface area (Å²) in [6, 6.07) is 15.0. The highest BCUT2D eigenvalue weighted by Crippen LogP contribution is 2.28. The van der Waals surface area contributed by atoms with Crippen LogP contribution >= 0.6 is 46.3 Å². The Labute approximate surface area is 169 Å². The summed E-state index contributed by atoms with van der Waals surface area (Å²) < 4.78 is 0.783. The predicted molar refractivity (Wildman–Crippen MR) is 110 cm³/mol. The number of carbonyl (C=O) groups excluding carboxylic acids is 1. The normalized spacial score (nSPS) is 11.0. The molecule has 8 heteroatoms. The first-order chi connectivity index (χ1) is 12.6. The number of nitrogens with zero attached hydrogens (tertiary/aromatic N) is 2. The van der Waals surface area contributed by atoms with Gasteiger partial charge in [-0.25, -0.2) is 0 Å². The smallest absolute Gasteiger partial charge is 0.250 e. The molecule has 3 rings (SSSR count). The number of aromatic nitrogens is 2. The van der Waals surface area contributed by atoms with Crippen LogP contribution in [0.5, 0.6) is 0 Å². The second-order valence-electron chi connectivity index (χ2n) is 5.13. The van der Waals surface area contributed by atoms with Gasteiger partial charge in [-0.1, -0.05) is 76.6 Å². The van der Waals surface area contributed by atoms with Gasteiger partial charge in [-0.15, -0.1) is 10.2 Å². The van der Waals surface area contributed by atoms with Gasteiger partial charge in [-0.3, -0.25) is 10.1 Å². The fourth-order valence-corrected chi connectivity index (χ4v) is 4.00. The number of thioether (sulfide) groups is 1. The van der Waals surface area contributed by atoms with Gasteiger partial charge in [-0.2, -0.15) is 0 Å². The Hall–Kier alpha value is -1.86. The summed E-state index contributed by atoms with van der Waals surface area (Å²) in [4.78, 5) is 12.0. The molecule has 2 aromatic carbocycles. The zero-order chi connectivity index (χ0) is 18.4. The van der Waals surface area contributed by atoms with Gasteiger partial charge in [0.25, 0.3) is 0 Å². The minimum atomic E-state index is -0.282. The first-order valence-corrected chi connectivity index (χ1v) is 10.1. The van der Waals surface area contributed by atoms with Crippen LogP contribution in [0.1, 0.15) is 11.1 Å². The molecule has 0 saturated heterocycles. The van der Waals surface area contributed by atoms with E-state index >= 15 is 0 Å². The Kier molecular flexibility index (Phi) is 6.68. The van der Waals surface area contributed by atoms with Crippen LogP contribution in [-0.2, 0) is 10.5 Å². The van der Waals surface area contributed by atoms with E-state index in [2.05, 4.69) is 15.5 Å². The lowest BCUT2D eigenvalue weighted by molar-refractivity contribution is -0.111. The first-order valence-electron chi connectivity index (χ1n) is 7.54. The molecule has 132 valence electrons. The predicted octanol–water partition coefficient (Wildman–Crippen LogP) is 5.79. The van der Waals surface area contributed by atoms with Gasteiger partial charge in [-0.05, 0) is 35.4 Å². The van der Waals surface area contributed by atoms with Crippen molar-refractivity contribution >= 4 is 63.4 Å². The van der Waals surface area contributed by atoms with Crippen LogP contribution in [0.4, 0.5) is 5.13 Å². The van der Waals surface area contributed by atoms with Gasteiger partial charge in [0.1, 0.15) is 0 Å². The van der Waals surface area contributed by atoms with E-state index in [9.17, 15) is 4.79 Å². The summed E-state index contributed by atoms with van der Waals surface area (Å²) in [6.45, 7) is 0. The number of rotatable bonds is 6. The summed E-state index contributed by atoms with van der Waals surface area (Å²) in [6.07, 6.45) is 3.08. The van der Waals surface area contributed by atoms with Crippen LogP contribution in [0.25, 0.3) is 6.08 Å². The molecule has 1 heterocycles. The molecular formula is C18H13Cl2N3OS2. The van der Waals surface area contributed by atoms with E-state index in [1.54, 1.807) is 23.9 Å². The van der Waals surface area contributed by atoms with E-state index in [4.69, 9.17) is 23.2 Å². The average molecular weight is 422 g/mol. The molecule has 0 aliphatic rings. The lowest BCUT2D eigenvalue weighted by Gasteiger charge is -1.98. The number of benzene rings is 2. The molecule has 4 nitrogen and oxygen atoms in total. The maximum absolute atomic E-state index is 12.0. The minimum Gasteiger partial charge on any atom is -0.297 e. The molecule has 0 aliphatic heterocycles. The van der Waals surface area contributed by atoms with Crippen LogP contribution < -0.4 is 5.32 Å². The quantitative estimate of drug-likeness (QED) is 0.310. The monoisotopic (exact) mass is 421 g/mol.